The van der Waals surface area contributed by atoms with Gasteiger partial charge in [0.1, 0.15) is 0 Å². The van der Waals surface area contributed by atoms with Crippen molar-refractivity contribution in [3.8, 4) is 0 Å². The zero-order valence-electron chi connectivity index (χ0n) is 10.4. The van der Waals surface area contributed by atoms with Crippen molar-refractivity contribution in [1.82, 2.24) is 0 Å². The summed E-state index contributed by atoms with van der Waals surface area (Å²) in [5.41, 5.74) is 6.85. The SMILES string of the molecule is CCC1CCc2c(ccc3c2CCCC3)C1. The summed E-state index contributed by atoms with van der Waals surface area (Å²) in [5, 5.41) is 0. The van der Waals surface area contributed by atoms with Crippen molar-refractivity contribution < 1.29 is 0 Å². The summed E-state index contributed by atoms with van der Waals surface area (Å²) >= 11 is 0. The molecule has 0 aromatic heterocycles. The Morgan fingerprint density at radius 2 is 1.75 bits per heavy atom. The lowest BCUT2D eigenvalue weighted by Crippen LogP contribution is -2.17. The molecule has 2 aliphatic carbocycles. The summed E-state index contributed by atoms with van der Waals surface area (Å²) in [5.74, 6) is 0.953. The summed E-state index contributed by atoms with van der Waals surface area (Å²) < 4.78 is 0. The third kappa shape index (κ3) is 1.69. The first-order valence-electron chi connectivity index (χ1n) is 7.01. The molecule has 1 unspecified atom stereocenters. The quantitative estimate of drug-likeness (QED) is 0.661. The van der Waals surface area contributed by atoms with Crippen molar-refractivity contribution in [3.05, 3.63) is 34.4 Å². The van der Waals surface area contributed by atoms with Crippen LogP contribution in [0.15, 0.2) is 12.1 Å². The molecule has 2 aliphatic rings. The summed E-state index contributed by atoms with van der Waals surface area (Å²) in [7, 11) is 0. The van der Waals surface area contributed by atoms with Crippen LogP contribution in [0, 0.1) is 5.92 Å². The first kappa shape index (κ1) is 10.4. The molecule has 0 N–H and O–H groups in total. The van der Waals surface area contributed by atoms with Crippen LogP contribution in [-0.4, -0.2) is 0 Å². The van der Waals surface area contributed by atoms with E-state index in [-0.39, 0.29) is 0 Å². The Morgan fingerprint density at radius 3 is 2.62 bits per heavy atom. The lowest BCUT2D eigenvalue weighted by atomic mass is 9.77. The van der Waals surface area contributed by atoms with Gasteiger partial charge in [0.2, 0.25) is 0 Å². The Bertz CT molecular complexity index is 389. The van der Waals surface area contributed by atoms with Gasteiger partial charge in [-0.1, -0.05) is 25.5 Å². The van der Waals surface area contributed by atoms with Crippen LogP contribution in [0.5, 0.6) is 0 Å². The monoisotopic (exact) mass is 214 g/mol. The molecule has 3 rings (SSSR count). The van der Waals surface area contributed by atoms with Crippen LogP contribution in [0.2, 0.25) is 0 Å². The maximum atomic E-state index is 2.43. The molecule has 0 spiro atoms. The fourth-order valence-corrected chi connectivity index (χ4v) is 3.57. The van der Waals surface area contributed by atoms with Gasteiger partial charge in [-0.15, -0.1) is 0 Å². The number of aryl methyl sites for hydroxylation is 1. The van der Waals surface area contributed by atoms with Gasteiger partial charge in [0.25, 0.3) is 0 Å². The van der Waals surface area contributed by atoms with Crippen LogP contribution in [0.1, 0.15) is 54.9 Å². The summed E-state index contributed by atoms with van der Waals surface area (Å²) in [4.78, 5) is 0. The highest BCUT2D eigenvalue weighted by Gasteiger charge is 2.22. The van der Waals surface area contributed by atoms with Crippen LogP contribution < -0.4 is 0 Å². The summed E-state index contributed by atoms with van der Waals surface area (Å²) in [6.07, 6.45) is 11.0. The van der Waals surface area contributed by atoms with Gasteiger partial charge in [0.15, 0.2) is 0 Å². The van der Waals surface area contributed by atoms with Crippen molar-refractivity contribution in [3.63, 3.8) is 0 Å². The lowest BCUT2D eigenvalue weighted by Gasteiger charge is -2.29. The maximum absolute atomic E-state index is 2.43. The third-order valence-corrected chi connectivity index (χ3v) is 4.64. The number of hydrogen-bond acceptors (Lipinski definition) is 0. The highest BCUT2D eigenvalue weighted by molar-refractivity contribution is 5.44. The first-order chi connectivity index (χ1) is 7.88. The Balaban J connectivity index is 1.99. The van der Waals surface area contributed by atoms with Gasteiger partial charge >= 0.3 is 0 Å². The number of hydrogen-bond donors (Lipinski definition) is 0. The van der Waals surface area contributed by atoms with E-state index in [1.165, 1.54) is 51.4 Å². The number of fused-ring (bicyclic) bond motifs is 3. The number of rotatable bonds is 1. The van der Waals surface area contributed by atoms with Crippen molar-refractivity contribution in [2.75, 3.05) is 0 Å². The minimum Gasteiger partial charge on any atom is -0.0651 e. The van der Waals surface area contributed by atoms with E-state index in [1.54, 1.807) is 22.3 Å². The van der Waals surface area contributed by atoms with Crippen LogP contribution in [0.3, 0.4) is 0 Å². The minimum absolute atomic E-state index is 0.953. The Morgan fingerprint density at radius 1 is 1.00 bits per heavy atom. The largest absolute Gasteiger partial charge is 0.0651 e. The molecule has 0 saturated heterocycles. The highest BCUT2D eigenvalue weighted by Crippen LogP contribution is 2.34. The van der Waals surface area contributed by atoms with E-state index < -0.39 is 0 Å². The zero-order valence-corrected chi connectivity index (χ0v) is 10.4. The molecule has 0 saturated carbocycles. The van der Waals surface area contributed by atoms with Gasteiger partial charge < -0.3 is 0 Å². The molecule has 1 atom stereocenters. The van der Waals surface area contributed by atoms with Crippen LogP contribution in [-0.2, 0) is 25.7 Å². The molecule has 0 heteroatoms. The third-order valence-electron chi connectivity index (χ3n) is 4.64. The van der Waals surface area contributed by atoms with Crippen LogP contribution >= 0.6 is 0 Å². The molecule has 86 valence electrons. The van der Waals surface area contributed by atoms with Gasteiger partial charge in [0, 0.05) is 0 Å². The molecule has 0 aliphatic heterocycles. The fourth-order valence-electron chi connectivity index (χ4n) is 3.57. The van der Waals surface area contributed by atoms with Crippen molar-refractivity contribution >= 4 is 0 Å². The Hall–Kier alpha value is -0.780. The van der Waals surface area contributed by atoms with E-state index in [9.17, 15) is 0 Å². The van der Waals surface area contributed by atoms with Crippen molar-refractivity contribution in [1.29, 1.82) is 0 Å². The number of benzene rings is 1. The second-order valence-corrected chi connectivity index (χ2v) is 5.57. The van der Waals surface area contributed by atoms with E-state index in [0.717, 1.165) is 5.92 Å². The van der Waals surface area contributed by atoms with Crippen LogP contribution in [0.25, 0.3) is 0 Å². The predicted octanol–water partition coefficient (Wildman–Crippen LogP) is 4.08. The zero-order chi connectivity index (χ0) is 11.0. The Kier molecular flexibility index (Phi) is 2.75. The molecule has 1 aromatic carbocycles. The molecule has 0 fully saturated rings. The predicted molar refractivity (Wildman–Crippen MR) is 68.9 cm³/mol. The molecule has 0 heterocycles. The molecule has 16 heavy (non-hydrogen) atoms. The average Bonchev–Trinajstić information content (AvgIpc) is 2.38. The first-order valence-corrected chi connectivity index (χ1v) is 7.01. The fraction of sp³-hybridized carbons (Fsp3) is 0.625. The lowest BCUT2D eigenvalue weighted by molar-refractivity contribution is 0.442. The smallest absolute Gasteiger partial charge is 0.0248 e. The second kappa shape index (κ2) is 4.24. The molecule has 0 nitrogen and oxygen atoms in total. The maximum Gasteiger partial charge on any atom is -0.0248 e. The molecule has 0 bridgehead atoms. The van der Waals surface area contributed by atoms with Gasteiger partial charge in [-0.2, -0.15) is 0 Å². The van der Waals surface area contributed by atoms with Crippen molar-refractivity contribution in [2.24, 2.45) is 5.92 Å². The van der Waals surface area contributed by atoms with Crippen molar-refractivity contribution in [2.45, 2.75) is 58.3 Å². The summed E-state index contributed by atoms with van der Waals surface area (Å²) in [6.45, 7) is 2.34. The Labute approximate surface area is 99.1 Å². The molecule has 0 amide bonds. The standard InChI is InChI=1S/C16H22/c1-2-12-7-10-16-14(11-12)9-8-13-5-3-4-6-15(13)16/h8-9,12H,2-7,10-11H2,1H3. The van der Waals surface area contributed by atoms with E-state index in [2.05, 4.69) is 19.1 Å². The van der Waals surface area contributed by atoms with Crippen LogP contribution in [0.4, 0.5) is 0 Å². The second-order valence-electron chi connectivity index (χ2n) is 5.57. The molecule has 1 aromatic rings. The van der Waals surface area contributed by atoms with E-state index in [1.807, 2.05) is 0 Å². The average molecular weight is 214 g/mol. The van der Waals surface area contributed by atoms with E-state index in [4.69, 9.17) is 0 Å². The van der Waals surface area contributed by atoms with Gasteiger partial charge in [-0.3, -0.25) is 0 Å². The highest BCUT2D eigenvalue weighted by atomic mass is 14.3. The normalized spacial score (nSPS) is 23.7. The van der Waals surface area contributed by atoms with Gasteiger partial charge in [0.05, 0.1) is 0 Å². The molecule has 0 radical (unpaired) electrons. The van der Waals surface area contributed by atoms with Gasteiger partial charge in [-0.25, -0.2) is 0 Å². The summed E-state index contributed by atoms with van der Waals surface area (Å²) in [6, 6.07) is 4.85. The van der Waals surface area contributed by atoms with E-state index in [0.29, 0.717) is 0 Å². The van der Waals surface area contributed by atoms with E-state index >= 15 is 0 Å². The molecular formula is C16H22. The molecular weight excluding hydrogens is 192 g/mol. The van der Waals surface area contributed by atoms with Gasteiger partial charge in [-0.05, 0) is 73.1 Å². The minimum atomic E-state index is 0.953. The topological polar surface area (TPSA) is 0 Å².